The summed E-state index contributed by atoms with van der Waals surface area (Å²) in [5, 5.41) is 3.11. The molecule has 2 heterocycles. The van der Waals surface area contributed by atoms with Crippen molar-refractivity contribution in [2.75, 3.05) is 45.2 Å². The number of nitrogens with one attached hydrogen (secondary N) is 1. The summed E-state index contributed by atoms with van der Waals surface area (Å²) in [6, 6.07) is 3.72. The Hall–Kier alpha value is -1.95. The minimum absolute atomic E-state index is 0.0185. The minimum atomic E-state index is -0.0241. The Labute approximate surface area is 157 Å². The molecule has 1 aromatic rings. The van der Waals surface area contributed by atoms with E-state index in [1.54, 1.807) is 6.20 Å². The number of pyridine rings is 1. The second kappa shape index (κ2) is 9.67. The molecule has 0 radical (unpaired) electrons. The highest BCUT2D eigenvalue weighted by atomic mass is 16.2. The Morgan fingerprint density at radius 3 is 2.77 bits per heavy atom. The summed E-state index contributed by atoms with van der Waals surface area (Å²) in [6.07, 6.45) is 4.02. The number of carbonyl (C=O) groups excluding carboxylic acids is 2. The van der Waals surface area contributed by atoms with E-state index in [1.165, 1.54) is 0 Å². The predicted molar refractivity (Wildman–Crippen MR) is 105 cm³/mol. The second-order valence-electron chi connectivity index (χ2n) is 7.58. The fraction of sp³-hybridized carbons (Fsp3) is 0.650. The monoisotopic (exact) mass is 360 g/mol. The van der Waals surface area contributed by atoms with Crippen LogP contribution < -0.4 is 10.2 Å². The Bertz CT molecular complexity index is 600. The van der Waals surface area contributed by atoms with Crippen molar-refractivity contribution < 1.29 is 9.59 Å². The van der Waals surface area contributed by atoms with Gasteiger partial charge in [-0.3, -0.25) is 9.59 Å². The lowest BCUT2D eigenvalue weighted by molar-refractivity contribution is -0.124. The summed E-state index contributed by atoms with van der Waals surface area (Å²) in [4.78, 5) is 33.4. The van der Waals surface area contributed by atoms with Gasteiger partial charge in [0.2, 0.25) is 0 Å². The summed E-state index contributed by atoms with van der Waals surface area (Å²) in [6.45, 7) is 7.10. The molecule has 6 nitrogen and oxygen atoms in total. The molecule has 0 aromatic carbocycles. The number of rotatable bonds is 8. The lowest BCUT2D eigenvalue weighted by Crippen LogP contribution is -2.42. The maximum Gasteiger partial charge on any atom is 0.255 e. The largest absolute Gasteiger partial charge is 0.358 e. The molecular weight excluding hydrogens is 328 g/mol. The SMILES string of the molecule is CNCCN(C)c1ccc(C(=O)N2CCC[C@@H](C(=O)CC(C)C)C2)cn1. The number of likely N-dealkylation sites (tertiary alicyclic amines) is 1. The van der Waals surface area contributed by atoms with E-state index in [0.717, 1.165) is 31.7 Å². The molecule has 0 saturated carbocycles. The van der Waals surface area contributed by atoms with E-state index in [1.807, 2.05) is 36.0 Å². The number of aromatic nitrogens is 1. The lowest BCUT2D eigenvalue weighted by atomic mass is 9.89. The molecule has 1 N–H and O–H groups in total. The van der Waals surface area contributed by atoms with Crippen molar-refractivity contribution in [2.45, 2.75) is 33.1 Å². The van der Waals surface area contributed by atoms with Crippen molar-refractivity contribution in [2.24, 2.45) is 11.8 Å². The van der Waals surface area contributed by atoms with Crippen LogP contribution in [0.4, 0.5) is 5.82 Å². The number of carbonyl (C=O) groups is 2. The zero-order valence-electron chi connectivity index (χ0n) is 16.5. The third kappa shape index (κ3) is 5.53. The predicted octanol–water partition coefficient (Wildman–Crippen LogP) is 2.20. The topological polar surface area (TPSA) is 65.5 Å². The van der Waals surface area contributed by atoms with Gasteiger partial charge >= 0.3 is 0 Å². The number of hydrogen-bond acceptors (Lipinski definition) is 5. The normalized spacial score (nSPS) is 17.4. The van der Waals surface area contributed by atoms with Crippen molar-refractivity contribution in [1.82, 2.24) is 15.2 Å². The summed E-state index contributed by atoms with van der Waals surface area (Å²) in [5.41, 5.74) is 0.590. The molecule has 144 valence electrons. The van der Waals surface area contributed by atoms with Gasteiger partial charge in [-0.1, -0.05) is 13.8 Å². The van der Waals surface area contributed by atoms with Crippen LogP contribution in [0.2, 0.25) is 0 Å². The molecule has 1 amide bonds. The number of nitrogens with zero attached hydrogens (tertiary/aromatic N) is 3. The van der Waals surface area contributed by atoms with Crippen LogP contribution in [0.25, 0.3) is 0 Å². The molecule has 26 heavy (non-hydrogen) atoms. The smallest absolute Gasteiger partial charge is 0.255 e. The van der Waals surface area contributed by atoms with Gasteiger partial charge in [0.15, 0.2) is 0 Å². The van der Waals surface area contributed by atoms with Crippen molar-refractivity contribution in [3.05, 3.63) is 23.9 Å². The molecule has 1 aromatic heterocycles. The zero-order chi connectivity index (χ0) is 19.1. The Kier molecular flexibility index (Phi) is 7.57. The van der Waals surface area contributed by atoms with Crippen LogP contribution in [-0.4, -0.2) is 61.8 Å². The van der Waals surface area contributed by atoms with Gasteiger partial charge in [0.25, 0.3) is 5.91 Å². The van der Waals surface area contributed by atoms with E-state index in [2.05, 4.69) is 24.1 Å². The summed E-state index contributed by atoms with van der Waals surface area (Å²) in [5.74, 6) is 1.46. The van der Waals surface area contributed by atoms with E-state index in [9.17, 15) is 9.59 Å². The van der Waals surface area contributed by atoms with Crippen LogP contribution in [0.3, 0.4) is 0 Å². The van der Waals surface area contributed by atoms with Gasteiger partial charge in [0, 0.05) is 51.8 Å². The van der Waals surface area contributed by atoms with Crippen molar-refractivity contribution in [3.8, 4) is 0 Å². The molecule has 0 aliphatic carbocycles. The highest BCUT2D eigenvalue weighted by Gasteiger charge is 2.29. The molecule has 0 unspecified atom stereocenters. The van der Waals surface area contributed by atoms with E-state index in [-0.39, 0.29) is 17.6 Å². The summed E-state index contributed by atoms with van der Waals surface area (Å²) < 4.78 is 0. The van der Waals surface area contributed by atoms with E-state index in [0.29, 0.717) is 31.0 Å². The highest BCUT2D eigenvalue weighted by molar-refractivity contribution is 5.94. The van der Waals surface area contributed by atoms with Gasteiger partial charge in [0.05, 0.1) is 5.56 Å². The van der Waals surface area contributed by atoms with Gasteiger partial charge in [0.1, 0.15) is 11.6 Å². The Morgan fingerprint density at radius 2 is 2.15 bits per heavy atom. The molecule has 1 aliphatic heterocycles. The fourth-order valence-electron chi connectivity index (χ4n) is 3.31. The quantitative estimate of drug-likeness (QED) is 0.770. The average Bonchev–Trinajstić information content (AvgIpc) is 2.65. The molecule has 1 atom stereocenters. The van der Waals surface area contributed by atoms with Gasteiger partial charge in [-0.15, -0.1) is 0 Å². The van der Waals surface area contributed by atoms with Crippen LogP contribution in [0.15, 0.2) is 18.3 Å². The first-order valence-electron chi connectivity index (χ1n) is 9.56. The molecule has 0 bridgehead atoms. The van der Waals surface area contributed by atoms with Crippen LogP contribution >= 0.6 is 0 Å². The van der Waals surface area contributed by atoms with E-state index < -0.39 is 0 Å². The Balaban J connectivity index is 1.98. The molecule has 1 fully saturated rings. The zero-order valence-corrected chi connectivity index (χ0v) is 16.5. The van der Waals surface area contributed by atoms with Gasteiger partial charge < -0.3 is 15.1 Å². The standard InChI is InChI=1S/C20H32N4O2/c1-15(2)12-18(25)17-6-5-10-24(14-17)20(26)16-7-8-19(22-13-16)23(4)11-9-21-3/h7-8,13,15,17,21H,5-6,9-12,14H2,1-4H3/t17-/m1/s1. The van der Waals surface area contributed by atoms with Crippen molar-refractivity contribution >= 4 is 17.5 Å². The third-order valence-corrected chi connectivity index (χ3v) is 4.86. The number of hydrogen-bond donors (Lipinski definition) is 1. The molecule has 1 saturated heterocycles. The number of piperidine rings is 1. The number of amides is 1. The lowest BCUT2D eigenvalue weighted by Gasteiger charge is -2.32. The minimum Gasteiger partial charge on any atom is -0.358 e. The van der Waals surface area contributed by atoms with Crippen LogP contribution in [-0.2, 0) is 4.79 Å². The Morgan fingerprint density at radius 1 is 1.38 bits per heavy atom. The van der Waals surface area contributed by atoms with Crippen LogP contribution in [0.5, 0.6) is 0 Å². The average molecular weight is 361 g/mol. The fourth-order valence-corrected chi connectivity index (χ4v) is 3.31. The number of Topliss-reactive ketones (excluding diaryl/α,β-unsaturated/α-hetero) is 1. The second-order valence-corrected chi connectivity index (χ2v) is 7.58. The maximum atomic E-state index is 12.8. The van der Waals surface area contributed by atoms with Gasteiger partial charge in [-0.05, 0) is 37.9 Å². The van der Waals surface area contributed by atoms with Gasteiger partial charge in [-0.25, -0.2) is 4.98 Å². The van der Waals surface area contributed by atoms with Gasteiger partial charge in [-0.2, -0.15) is 0 Å². The molecular formula is C20H32N4O2. The summed E-state index contributed by atoms with van der Waals surface area (Å²) >= 11 is 0. The first kappa shape index (κ1) is 20.4. The molecule has 6 heteroatoms. The maximum absolute atomic E-state index is 12.8. The van der Waals surface area contributed by atoms with Crippen molar-refractivity contribution in [3.63, 3.8) is 0 Å². The van der Waals surface area contributed by atoms with E-state index >= 15 is 0 Å². The van der Waals surface area contributed by atoms with Crippen LogP contribution in [0.1, 0.15) is 43.5 Å². The number of likely N-dealkylation sites (N-methyl/N-ethyl adjacent to an activating group) is 2. The van der Waals surface area contributed by atoms with Crippen LogP contribution in [0, 0.1) is 11.8 Å². The molecule has 2 rings (SSSR count). The van der Waals surface area contributed by atoms with Crippen molar-refractivity contribution in [1.29, 1.82) is 0 Å². The van der Waals surface area contributed by atoms with E-state index in [4.69, 9.17) is 0 Å². The molecule has 1 aliphatic rings. The highest BCUT2D eigenvalue weighted by Crippen LogP contribution is 2.22. The number of anilines is 1. The third-order valence-electron chi connectivity index (χ3n) is 4.86. The molecule has 0 spiro atoms. The summed E-state index contributed by atoms with van der Waals surface area (Å²) in [7, 11) is 3.90. The first-order chi connectivity index (χ1) is 12.4. The number of ketones is 1. The first-order valence-corrected chi connectivity index (χ1v) is 9.56.